The molecule has 9 nitrogen and oxygen atoms in total. The monoisotopic (exact) mass is 554 g/mol. The Kier molecular flexibility index (Phi) is 7.74. The van der Waals surface area contributed by atoms with Gasteiger partial charge in [-0.1, -0.05) is 27.7 Å². The quantitative estimate of drug-likeness (QED) is 0.401. The molecule has 1 aromatic rings. The van der Waals surface area contributed by atoms with Crippen LogP contribution in [0.1, 0.15) is 68.8 Å². The molecular formula is C31H42N2O7. The molecule has 1 aliphatic heterocycles. The molecule has 218 valence electrons. The molecule has 0 aromatic heterocycles. The highest BCUT2D eigenvalue weighted by Crippen LogP contribution is 2.61. The molecule has 7 atom stereocenters. The average molecular weight is 555 g/mol. The Bertz CT molecular complexity index is 1210. The second-order valence-corrected chi connectivity index (χ2v) is 12.7. The number of nitrogens with one attached hydrogen (secondary N) is 1. The van der Waals surface area contributed by atoms with Gasteiger partial charge in [0.05, 0.1) is 25.7 Å². The molecule has 1 aromatic carbocycles. The molecular weight excluding hydrogens is 512 g/mol. The van der Waals surface area contributed by atoms with Gasteiger partial charge in [-0.05, 0) is 60.6 Å². The van der Waals surface area contributed by atoms with Crippen LogP contribution in [0.2, 0.25) is 0 Å². The van der Waals surface area contributed by atoms with Crippen LogP contribution in [-0.2, 0) is 9.59 Å². The van der Waals surface area contributed by atoms with Gasteiger partial charge in [0.1, 0.15) is 18.5 Å². The van der Waals surface area contributed by atoms with Crippen LogP contribution in [0.15, 0.2) is 23.8 Å². The number of ether oxygens (including phenoxy) is 2. The number of fused-ring (bicyclic) bond motifs is 5. The van der Waals surface area contributed by atoms with Gasteiger partial charge < -0.3 is 29.9 Å². The van der Waals surface area contributed by atoms with Crippen LogP contribution in [0.4, 0.5) is 0 Å². The average Bonchev–Trinajstić information content (AvgIpc) is 3.34. The summed E-state index contributed by atoms with van der Waals surface area (Å²) in [6.45, 7) is 8.67. The first kappa shape index (κ1) is 28.6. The summed E-state index contributed by atoms with van der Waals surface area (Å²) in [6.07, 6.45) is 3.76. The van der Waals surface area contributed by atoms with Gasteiger partial charge in [0.2, 0.25) is 11.8 Å². The maximum atomic E-state index is 13.7. The first-order chi connectivity index (χ1) is 19.0. The van der Waals surface area contributed by atoms with E-state index in [2.05, 4.69) is 19.2 Å². The number of hydrogen-bond donors (Lipinski definition) is 3. The number of aldehydes is 1. The number of carbonyl (C=O) groups is 3. The van der Waals surface area contributed by atoms with Crippen molar-refractivity contribution < 1.29 is 34.1 Å². The fraction of sp³-hybridized carbons (Fsp3) is 0.645. The van der Waals surface area contributed by atoms with Crippen molar-refractivity contribution in [1.29, 1.82) is 0 Å². The van der Waals surface area contributed by atoms with Gasteiger partial charge in [-0.2, -0.15) is 0 Å². The SMILES string of the molecule is COc1cc(C=O)cc2c1O[C@@H]1[C@@H](O)[C@H](N(C[C@@H]3CC[C@H]4C[C@@H]3C4(C)C)C(=O)C(C)C)C=C(C(=O)NCCO)[C@H]21. The third-order valence-corrected chi connectivity index (χ3v) is 9.98. The molecule has 3 fully saturated rings. The van der Waals surface area contributed by atoms with Gasteiger partial charge in [0.25, 0.3) is 0 Å². The number of nitrogens with zero attached hydrogens (tertiary/aromatic N) is 1. The lowest BCUT2D eigenvalue weighted by atomic mass is 9.45. The highest BCUT2D eigenvalue weighted by atomic mass is 16.5. The van der Waals surface area contributed by atoms with Crippen molar-refractivity contribution in [3.63, 3.8) is 0 Å². The molecule has 0 spiro atoms. The summed E-state index contributed by atoms with van der Waals surface area (Å²) in [7, 11) is 1.47. The summed E-state index contributed by atoms with van der Waals surface area (Å²) in [5.74, 6) is 0.795. The molecule has 2 bridgehead atoms. The van der Waals surface area contributed by atoms with Crippen molar-refractivity contribution in [1.82, 2.24) is 10.2 Å². The molecule has 3 N–H and O–H groups in total. The van der Waals surface area contributed by atoms with Crippen LogP contribution in [0, 0.1) is 29.1 Å². The fourth-order valence-electron chi connectivity index (χ4n) is 7.68. The van der Waals surface area contributed by atoms with Gasteiger partial charge in [-0.15, -0.1) is 0 Å². The van der Waals surface area contributed by atoms with Crippen LogP contribution in [0.5, 0.6) is 11.5 Å². The fourth-order valence-corrected chi connectivity index (χ4v) is 7.68. The predicted octanol–water partition coefficient (Wildman–Crippen LogP) is 2.69. The first-order valence-corrected chi connectivity index (χ1v) is 14.5. The van der Waals surface area contributed by atoms with E-state index in [1.807, 2.05) is 13.8 Å². The summed E-state index contributed by atoms with van der Waals surface area (Å²) >= 11 is 0. The van der Waals surface area contributed by atoms with Crippen molar-refractivity contribution in [3.05, 3.63) is 34.9 Å². The number of aliphatic hydroxyl groups excluding tert-OH is 2. The minimum atomic E-state index is -1.12. The number of amides is 2. The zero-order valence-corrected chi connectivity index (χ0v) is 24.1. The molecule has 0 radical (unpaired) electrons. The number of aliphatic hydroxyl groups is 2. The lowest BCUT2D eigenvalue weighted by Crippen LogP contribution is -2.60. The Morgan fingerprint density at radius 1 is 1.27 bits per heavy atom. The molecule has 1 heterocycles. The molecule has 6 rings (SSSR count). The van der Waals surface area contributed by atoms with Crippen molar-refractivity contribution in [2.45, 2.75) is 71.1 Å². The number of carbonyl (C=O) groups excluding carboxylic acids is 3. The Hall–Kier alpha value is -2.91. The Morgan fingerprint density at radius 3 is 2.62 bits per heavy atom. The third-order valence-electron chi connectivity index (χ3n) is 9.98. The zero-order valence-electron chi connectivity index (χ0n) is 24.1. The molecule has 40 heavy (non-hydrogen) atoms. The second kappa shape index (κ2) is 10.8. The summed E-state index contributed by atoms with van der Waals surface area (Å²) < 4.78 is 11.8. The lowest BCUT2D eigenvalue weighted by Gasteiger charge is -2.61. The third kappa shape index (κ3) is 4.61. The van der Waals surface area contributed by atoms with E-state index in [0.717, 1.165) is 18.8 Å². The first-order valence-electron chi connectivity index (χ1n) is 14.5. The molecule has 4 aliphatic carbocycles. The molecule has 5 aliphatic rings. The maximum Gasteiger partial charge on any atom is 0.247 e. The van der Waals surface area contributed by atoms with Gasteiger partial charge in [-0.25, -0.2) is 0 Å². The smallest absolute Gasteiger partial charge is 0.247 e. The molecule has 0 unspecified atom stereocenters. The van der Waals surface area contributed by atoms with E-state index in [0.29, 0.717) is 52.9 Å². The van der Waals surface area contributed by atoms with E-state index in [9.17, 15) is 24.6 Å². The lowest BCUT2D eigenvalue weighted by molar-refractivity contribution is -0.149. The highest BCUT2D eigenvalue weighted by molar-refractivity contribution is 5.96. The van der Waals surface area contributed by atoms with Crippen molar-refractivity contribution in [2.24, 2.45) is 29.1 Å². The van der Waals surface area contributed by atoms with Gasteiger partial charge in [0, 0.05) is 35.7 Å². The standard InChI is InChI=1S/C31H42N2O7/c1-16(2)30(38)33(14-18-6-7-19-12-22(18)31(19,3)4)23-13-21(29(37)32-8-9-34)25-20-10-17(15-35)11-24(39-5)27(20)40-28(25)26(23)36/h10-11,13,15-16,18-19,22-23,25-26,28,34,36H,6-9,12,14H2,1-5H3,(H,32,37)/t18-,19-,22-,23+,25-,26-,28-/m0/s1. The van der Waals surface area contributed by atoms with E-state index >= 15 is 0 Å². The number of rotatable bonds is 9. The van der Waals surface area contributed by atoms with E-state index in [1.54, 1.807) is 23.1 Å². The minimum absolute atomic E-state index is 0.0564. The molecule has 3 saturated carbocycles. The number of methoxy groups -OCH3 is 1. The highest BCUT2D eigenvalue weighted by Gasteiger charge is 2.56. The predicted molar refractivity (Wildman–Crippen MR) is 148 cm³/mol. The second-order valence-electron chi connectivity index (χ2n) is 12.7. The van der Waals surface area contributed by atoms with Crippen LogP contribution < -0.4 is 14.8 Å². The number of benzene rings is 1. The van der Waals surface area contributed by atoms with E-state index < -0.39 is 30.1 Å². The maximum absolute atomic E-state index is 13.7. The van der Waals surface area contributed by atoms with Crippen LogP contribution >= 0.6 is 0 Å². The Morgan fingerprint density at radius 2 is 2.02 bits per heavy atom. The number of hydrogen-bond acceptors (Lipinski definition) is 7. The van der Waals surface area contributed by atoms with Crippen molar-refractivity contribution >= 4 is 18.1 Å². The Balaban J connectivity index is 1.56. The summed E-state index contributed by atoms with van der Waals surface area (Å²) in [4.78, 5) is 40.7. The molecule has 9 heteroatoms. The van der Waals surface area contributed by atoms with Crippen molar-refractivity contribution in [3.8, 4) is 11.5 Å². The van der Waals surface area contributed by atoms with Gasteiger partial charge in [0.15, 0.2) is 11.5 Å². The summed E-state index contributed by atoms with van der Waals surface area (Å²) in [6, 6.07) is 2.44. The van der Waals surface area contributed by atoms with Gasteiger partial charge in [-0.3, -0.25) is 14.4 Å². The van der Waals surface area contributed by atoms with Gasteiger partial charge >= 0.3 is 0 Å². The van der Waals surface area contributed by atoms with Crippen LogP contribution in [0.3, 0.4) is 0 Å². The van der Waals surface area contributed by atoms with Crippen LogP contribution in [0.25, 0.3) is 0 Å². The minimum Gasteiger partial charge on any atom is -0.493 e. The molecule has 0 saturated heterocycles. The summed E-state index contributed by atoms with van der Waals surface area (Å²) in [5, 5.41) is 23.9. The normalized spacial score (nSPS) is 31.2. The van der Waals surface area contributed by atoms with E-state index in [1.165, 1.54) is 13.5 Å². The van der Waals surface area contributed by atoms with Crippen molar-refractivity contribution in [2.75, 3.05) is 26.8 Å². The zero-order chi connectivity index (χ0) is 28.9. The largest absolute Gasteiger partial charge is 0.493 e. The van der Waals surface area contributed by atoms with E-state index in [-0.39, 0.29) is 30.4 Å². The summed E-state index contributed by atoms with van der Waals surface area (Å²) in [5.41, 5.74) is 1.51. The van der Waals surface area contributed by atoms with Crippen LogP contribution in [-0.4, -0.2) is 78.3 Å². The topological polar surface area (TPSA) is 125 Å². The molecule has 2 amide bonds. The van der Waals surface area contributed by atoms with E-state index in [4.69, 9.17) is 9.47 Å². The Labute approximate surface area is 235 Å².